The smallest absolute Gasteiger partial charge is 0.326 e. The van der Waals surface area contributed by atoms with Crippen molar-refractivity contribution < 1.29 is 14.3 Å². The van der Waals surface area contributed by atoms with Gasteiger partial charge in [0.1, 0.15) is 5.54 Å². The fraction of sp³-hybridized carbons (Fsp3) is 0.941. The zero-order valence-electron chi connectivity index (χ0n) is 15.0. The number of nitrogens with one attached hydrogen (secondary N) is 1. The van der Waals surface area contributed by atoms with E-state index in [4.69, 9.17) is 9.47 Å². The SMILES string of the molecule is CCOC(=O)C(C)(CCCOCCC(C)(C)C)NC(C)C. The van der Waals surface area contributed by atoms with Crippen LogP contribution in [0.5, 0.6) is 0 Å². The summed E-state index contributed by atoms with van der Waals surface area (Å²) in [5.74, 6) is -0.173. The zero-order chi connectivity index (χ0) is 16.5. The Labute approximate surface area is 131 Å². The fourth-order valence-corrected chi connectivity index (χ4v) is 2.17. The van der Waals surface area contributed by atoms with Crippen LogP contribution in [0.1, 0.15) is 67.7 Å². The molecule has 0 fully saturated rings. The van der Waals surface area contributed by atoms with Crippen molar-refractivity contribution in [2.45, 2.75) is 79.3 Å². The molecular weight excluding hydrogens is 266 g/mol. The van der Waals surface area contributed by atoms with Gasteiger partial charge in [-0.15, -0.1) is 0 Å². The van der Waals surface area contributed by atoms with Crippen molar-refractivity contribution in [1.82, 2.24) is 5.32 Å². The second-order valence-corrected chi connectivity index (χ2v) is 7.38. The van der Waals surface area contributed by atoms with E-state index in [0.717, 1.165) is 25.9 Å². The van der Waals surface area contributed by atoms with Gasteiger partial charge in [0.15, 0.2) is 0 Å². The van der Waals surface area contributed by atoms with Gasteiger partial charge in [0.25, 0.3) is 0 Å². The van der Waals surface area contributed by atoms with Crippen LogP contribution in [-0.2, 0) is 14.3 Å². The second kappa shape index (κ2) is 9.42. The molecule has 0 aromatic rings. The Morgan fingerprint density at radius 1 is 1.10 bits per heavy atom. The molecule has 0 aromatic carbocycles. The molecule has 0 aliphatic carbocycles. The molecule has 1 N–H and O–H groups in total. The number of ether oxygens (including phenoxy) is 2. The van der Waals surface area contributed by atoms with Crippen LogP contribution in [0.3, 0.4) is 0 Å². The minimum atomic E-state index is -0.627. The molecule has 0 aromatic heterocycles. The summed E-state index contributed by atoms with van der Waals surface area (Å²) in [6.07, 6.45) is 2.62. The highest BCUT2D eigenvalue weighted by atomic mass is 16.5. The molecule has 21 heavy (non-hydrogen) atoms. The van der Waals surface area contributed by atoms with Gasteiger partial charge in [-0.1, -0.05) is 20.8 Å². The van der Waals surface area contributed by atoms with Gasteiger partial charge in [-0.2, -0.15) is 0 Å². The summed E-state index contributed by atoms with van der Waals surface area (Å²) in [6.45, 7) is 16.3. The molecule has 1 atom stereocenters. The third-order valence-electron chi connectivity index (χ3n) is 3.30. The number of rotatable bonds is 10. The quantitative estimate of drug-likeness (QED) is 0.495. The first-order valence-corrected chi connectivity index (χ1v) is 8.13. The predicted octanol–water partition coefficient (Wildman–Crippen LogP) is 3.54. The van der Waals surface area contributed by atoms with Crippen LogP contribution in [0, 0.1) is 5.41 Å². The number of esters is 1. The Balaban J connectivity index is 4.16. The lowest BCUT2D eigenvalue weighted by Crippen LogP contribution is -2.53. The molecule has 0 amide bonds. The second-order valence-electron chi connectivity index (χ2n) is 7.38. The Kier molecular flexibility index (Phi) is 9.14. The van der Waals surface area contributed by atoms with Crippen molar-refractivity contribution in [1.29, 1.82) is 0 Å². The van der Waals surface area contributed by atoms with Crippen LogP contribution in [0.4, 0.5) is 0 Å². The molecule has 0 saturated heterocycles. The molecule has 0 heterocycles. The Hall–Kier alpha value is -0.610. The number of hydrogen-bond donors (Lipinski definition) is 1. The molecular formula is C17H35NO3. The molecule has 0 saturated carbocycles. The molecule has 0 aliphatic rings. The maximum atomic E-state index is 12.1. The van der Waals surface area contributed by atoms with Gasteiger partial charge >= 0.3 is 5.97 Å². The van der Waals surface area contributed by atoms with Crippen molar-refractivity contribution >= 4 is 5.97 Å². The Bertz CT molecular complexity index is 297. The van der Waals surface area contributed by atoms with Crippen LogP contribution in [0.15, 0.2) is 0 Å². The highest BCUT2D eigenvalue weighted by Gasteiger charge is 2.34. The maximum Gasteiger partial charge on any atom is 0.326 e. The first-order valence-electron chi connectivity index (χ1n) is 8.13. The third kappa shape index (κ3) is 9.86. The normalized spacial score (nSPS) is 15.0. The highest BCUT2D eigenvalue weighted by molar-refractivity contribution is 5.80. The van der Waals surface area contributed by atoms with Crippen molar-refractivity contribution in [2.75, 3.05) is 19.8 Å². The minimum Gasteiger partial charge on any atom is -0.465 e. The van der Waals surface area contributed by atoms with E-state index >= 15 is 0 Å². The molecule has 0 bridgehead atoms. The van der Waals surface area contributed by atoms with Gasteiger partial charge in [0, 0.05) is 19.3 Å². The lowest BCUT2D eigenvalue weighted by molar-refractivity contribution is -0.151. The van der Waals surface area contributed by atoms with Crippen LogP contribution < -0.4 is 5.32 Å². The van der Waals surface area contributed by atoms with E-state index in [2.05, 4.69) is 26.1 Å². The maximum absolute atomic E-state index is 12.1. The fourth-order valence-electron chi connectivity index (χ4n) is 2.17. The number of carbonyl (C=O) groups excluding carboxylic acids is 1. The predicted molar refractivity (Wildman–Crippen MR) is 87.4 cm³/mol. The van der Waals surface area contributed by atoms with Gasteiger partial charge < -0.3 is 9.47 Å². The Morgan fingerprint density at radius 3 is 2.19 bits per heavy atom. The lowest BCUT2D eigenvalue weighted by Gasteiger charge is -2.30. The first kappa shape index (κ1) is 20.4. The van der Waals surface area contributed by atoms with E-state index in [9.17, 15) is 4.79 Å². The van der Waals surface area contributed by atoms with E-state index < -0.39 is 5.54 Å². The molecule has 4 nitrogen and oxygen atoms in total. The molecule has 0 aliphatic heterocycles. The van der Waals surface area contributed by atoms with Crippen LogP contribution in [0.25, 0.3) is 0 Å². The molecule has 1 unspecified atom stereocenters. The van der Waals surface area contributed by atoms with Gasteiger partial charge in [-0.05, 0) is 52.4 Å². The monoisotopic (exact) mass is 301 g/mol. The topological polar surface area (TPSA) is 47.6 Å². The number of hydrogen-bond acceptors (Lipinski definition) is 4. The van der Waals surface area contributed by atoms with Gasteiger partial charge in [-0.25, -0.2) is 0 Å². The molecule has 126 valence electrons. The molecule has 0 spiro atoms. The van der Waals surface area contributed by atoms with E-state index in [-0.39, 0.29) is 12.0 Å². The summed E-state index contributed by atoms with van der Waals surface area (Å²) in [4.78, 5) is 12.1. The molecule has 0 rings (SSSR count). The van der Waals surface area contributed by atoms with Crippen molar-refractivity contribution in [3.8, 4) is 0 Å². The average Bonchev–Trinajstić information content (AvgIpc) is 2.31. The van der Waals surface area contributed by atoms with E-state index in [1.807, 2.05) is 27.7 Å². The Morgan fingerprint density at radius 2 is 1.71 bits per heavy atom. The van der Waals surface area contributed by atoms with Gasteiger partial charge in [0.05, 0.1) is 6.61 Å². The largest absolute Gasteiger partial charge is 0.465 e. The summed E-state index contributed by atoms with van der Waals surface area (Å²) in [5, 5.41) is 3.33. The van der Waals surface area contributed by atoms with Crippen molar-refractivity contribution in [2.24, 2.45) is 5.41 Å². The van der Waals surface area contributed by atoms with Crippen molar-refractivity contribution in [3.05, 3.63) is 0 Å². The average molecular weight is 301 g/mol. The summed E-state index contributed by atoms with van der Waals surface area (Å²) < 4.78 is 10.9. The third-order valence-corrected chi connectivity index (χ3v) is 3.30. The summed E-state index contributed by atoms with van der Waals surface area (Å²) >= 11 is 0. The van der Waals surface area contributed by atoms with Crippen LogP contribution in [-0.4, -0.2) is 37.4 Å². The minimum absolute atomic E-state index is 0.173. The van der Waals surface area contributed by atoms with E-state index in [0.29, 0.717) is 18.6 Å². The van der Waals surface area contributed by atoms with Gasteiger partial charge in [0.2, 0.25) is 0 Å². The highest BCUT2D eigenvalue weighted by Crippen LogP contribution is 2.19. The van der Waals surface area contributed by atoms with Crippen LogP contribution >= 0.6 is 0 Å². The zero-order valence-corrected chi connectivity index (χ0v) is 15.0. The first-order chi connectivity index (χ1) is 9.60. The van der Waals surface area contributed by atoms with E-state index in [1.165, 1.54) is 0 Å². The lowest BCUT2D eigenvalue weighted by atomic mass is 9.93. The van der Waals surface area contributed by atoms with Crippen molar-refractivity contribution in [3.63, 3.8) is 0 Å². The standard InChI is InChI=1S/C17H35NO3/c1-8-21-15(19)17(7,18-14(2)3)10-9-12-20-13-11-16(4,5)6/h14,18H,8-13H2,1-7H3. The summed E-state index contributed by atoms with van der Waals surface area (Å²) in [6, 6.07) is 0.237. The molecule has 0 radical (unpaired) electrons. The molecule has 4 heteroatoms. The summed E-state index contributed by atoms with van der Waals surface area (Å²) in [7, 11) is 0. The van der Waals surface area contributed by atoms with Crippen LogP contribution in [0.2, 0.25) is 0 Å². The summed E-state index contributed by atoms with van der Waals surface area (Å²) in [5.41, 5.74) is -0.323. The van der Waals surface area contributed by atoms with Gasteiger partial charge in [-0.3, -0.25) is 10.1 Å². The van der Waals surface area contributed by atoms with E-state index in [1.54, 1.807) is 0 Å². The number of carbonyl (C=O) groups is 1.